The second kappa shape index (κ2) is 5.70. The van der Waals surface area contributed by atoms with Crippen LogP contribution in [0, 0.1) is 6.92 Å². The minimum Gasteiger partial charge on any atom is -0.508 e. The van der Waals surface area contributed by atoms with E-state index in [2.05, 4.69) is 23.2 Å². The molecular weight excluding hydrogens is 267 g/mol. The summed E-state index contributed by atoms with van der Waals surface area (Å²) >= 11 is 8.80. The van der Waals surface area contributed by atoms with Gasteiger partial charge in [-0.3, -0.25) is 4.79 Å². The van der Waals surface area contributed by atoms with E-state index in [4.69, 9.17) is 14.3 Å². The van der Waals surface area contributed by atoms with Crippen molar-refractivity contribution in [2.75, 3.05) is 0 Å². The fourth-order valence-electron chi connectivity index (χ4n) is 1.31. The maximum Gasteiger partial charge on any atom is 0.336 e. The van der Waals surface area contributed by atoms with Gasteiger partial charge in [-0.2, -0.15) is 0 Å². The fourth-order valence-corrected chi connectivity index (χ4v) is 1.31. The normalized spacial score (nSPS) is 9.59. The van der Waals surface area contributed by atoms with Gasteiger partial charge in [0.15, 0.2) is 0 Å². The number of fused-ring (bicyclic) bond motifs is 1. The molecule has 1 aromatic heterocycles. The third kappa shape index (κ3) is 4.09. The van der Waals surface area contributed by atoms with E-state index in [9.17, 15) is 4.79 Å². The van der Waals surface area contributed by atoms with Gasteiger partial charge in [0, 0.05) is 17.5 Å². The number of phenolic OH excluding ortho intramolecular Hbond substituents is 1. The first-order valence-electron chi connectivity index (χ1n) is 4.48. The molecule has 0 aliphatic carbocycles. The zero-order chi connectivity index (χ0) is 13.0. The third-order valence-corrected chi connectivity index (χ3v) is 1.93. The number of phenols is 1. The predicted molar refractivity (Wildman–Crippen MR) is 66.0 cm³/mol. The Labute approximate surface area is 106 Å². The Morgan fingerprint density at radius 1 is 1.29 bits per heavy atom. The molecule has 6 heteroatoms. The van der Waals surface area contributed by atoms with Crippen LogP contribution >= 0.6 is 23.2 Å². The Balaban J connectivity index is 0.000000317. The zero-order valence-electron chi connectivity index (χ0n) is 8.74. The maximum atomic E-state index is 11.0. The lowest BCUT2D eigenvalue weighted by Gasteiger charge is -1.99. The molecule has 0 bridgehead atoms. The number of aromatic hydroxyl groups is 1. The van der Waals surface area contributed by atoms with Crippen LogP contribution in [0.3, 0.4) is 0 Å². The Kier molecular flexibility index (Phi) is 4.54. The van der Waals surface area contributed by atoms with Crippen molar-refractivity contribution in [3.05, 3.63) is 40.2 Å². The van der Waals surface area contributed by atoms with Crippen molar-refractivity contribution < 1.29 is 14.3 Å². The summed E-state index contributed by atoms with van der Waals surface area (Å²) in [4.78, 5) is 19.9. The van der Waals surface area contributed by atoms with E-state index in [1.807, 2.05) is 6.92 Å². The molecule has 90 valence electrons. The zero-order valence-corrected chi connectivity index (χ0v) is 10.2. The molecule has 0 spiro atoms. The van der Waals surface area contributed by atoms with Crippen molar-refractivity contribution in [3.63, 3.8) is 0 Å². The summed E-state index contributed by atoms with van der Waals surface area (Å²) in [6, 6.07) is 6.15. The van der Waals surface area contributed by atoms with Gasteiger partial charge in [0.05, 0.1) is 0 Å². The third-order valence-electron chi connectivity index (χ3n) is 1.93. The van der Waals surface area contributed by atoms with Crippen molar-refractivity contribution in [1.29, 1.82) is 0 Å². The van der Waals surface area contributed by atoms with E-state index in [1.165, 1.54) is 12.1 Å². The summed E-state index contributed by atoms with van der Waals surface area (Å²) in [7, 11) is 0. The molecule has 1 aromatic carbocycles. The molecule has 0 aliphatic heterocycles. The number of rotatable bonds is 0. The minimum atomic E-state index is -0.889. The summed E-state index contributed by atoms with van der Waals surface area (Å²) < 4.78 is 4.02. The molecule has 1 N–H and O–H groups in total. The smallest absolute Gasteiger partial charge is 0.336 e. The summed E-state index contributed by atoms with van der Waals surface area (Å²) in [6.07, 6.45) is 0. The topological polar surface area (TPSA) is 67.5 Å². The van der Waals surface area contributed by atoms with Gasteiger partial charge in [0.25, 0.3) is 0 Å². The first-order valence-corrected chi connectivity index (χ1v) is 5.24. The number of benzene rings is 1. The summed E-state index contributed by atoms with van der Waals surface area (Å²) in [5.74, 6) is 0.0984. The van der Waals surface area contributed by atoms with Crippen molar-refractivity contribution in [3.8, 4) is 5.75 Å². The van der Waals surface area contributed by atoms with Gasteiger partial charge in [-0.1, -0.05) is 0 Å². The van der Waals surface area contributed by atoms with Crippen LogP contribution < -0.4 is 5.63 Å². The summed E-state index contributed by atoms with van der Waals surface area (Å²) in [6.45, 7) is 1.83. The fraction of sp³-hybridized carbons (Fsp3) is 0.0909. The number of hydrogen-bond acceptors (Lipinski definition) is 4. The largest absolute Gasteiger partial charge is 0.508 e. The highest BCUT2D eigenvalue weighted by atomic mass is 35.5. The van der Waals surface area contributed by atoms with Gasteiger partial charge in [0.1, 0.15) is 11.3 Å². The molecule has 0 saturated carbocycles. The van der Waals surface area contributed by atoms with E-state index in [0.29, 0.717) is 5.58 Å². The lowest BCUT2D eigenvalue weighted by atomic mass is 10.1. The first-order chi connectivity index (χ1) is 7.90. The molecule has 4 nitrogen and oxygen atoms in total. The molecule has 0 radical (unpaired) electrons. The van der Waals surface area contributed by atoms with Crippen LogP contribution in [0.25, 0.3) is 11.0 Å². The molecule has 0 aliphatic rings. The van der Waals surface area contributed by atoms with Gasteiger partial charge in [-0.25, -0.2) is 4.79 Å². The molecule has 2 aromatic rings. The van der Waals surface area contributed by atoms with Gasteiger partial charge in [-0.15, -0.1) is 0 Å². The van der Waals surface area contributed by atoms with Crippen molar-refractivity contribution >= 4 is 38.9 Å². The highest BCUT2D eigenvalue weighted by Gasteiger charge is 2.01. The molecular formula is C11H8Cl2O4. The second-order valence-corrected chi connectivity index (χ2v) is 4.03. The Morgan fingerprint density at radius 3 is 2.47 bits per heavy atom. The van der Waals surface area contributed by atoms with E-state index in [0.717, 1.165) is 10.9 Å². The SMILES string of the molecule is Cc1cc(=O)oc2cc(O)ccc12.O=C(Cl)Cl. The van der Waals surface area contributed by atoms with Crippen LogP contribution in [-0.2, 0) is 0 Å². The molecule has 0 unspecified atom stereocenters. The van der Waals surface area contributed by atoms with Crippen LogP contribution in [0.5, 0.6) is 5.75 Å². The van der Waals surface area contributed by atoms with E-state index >= 15 is 0 Å². The quantitative estimate of drug-likeness (QED) is 0.591. The number of aryl methyl sites for hydroxylation is 1. The van der Waals surface area contributed by atoms with Crippen LogP contribution in [0.1, 0.15) is 5.56 Å². The van der Waals surface area contributed by atoms with Crippen LogP contribution in [-0.4, -0.2) is 9.81 Å². The molecule has 17 heavy (non-hydrogen) atoms. The Bertz CT molecular complexity index is 600. The molecule has 2 rings (SSSR count). The number of halogens is 2. The number of carbonyl (C=O) groups excluding carboxylic acids is 1. The number of hydrogen-bond donors (Lipinski definition) is 1. The maximum absolute atomic E-state index is 11.0. The lowest BCUT2D eigenvalue weighted by Crippen LogP contribution is -1.97. The van der Waals surface area contributed by atoms with Gasteiger partial charge in [-0.05, 0) is 47.8 Å². The number of carbonyl (C=O) groups is 1. The standard InChI is InChI=1S/C10H8O3.CCl2O/c1-6-4-10(12)13-9-5-7(11)2-3-8(6)9;2-1(3)4/h2-5,11H,1H3;. The van der Waals surface area contributed by atoms with Gasteiger partial charge >= 0.3 is 10.3 Å². The minimum absolute atomic E-state index is 0.0984. The van der Waals surface area contributed by atoms with Crippen molar-refractivity contribution in [2.45, 2.75) is 6.92 Å². The van der Waals surface area contributed by atoms with E-state index < -0.39 is 10.3 Å². The van der Waals surface area contributed by atoms with E-state index in [-0.39, 0.29) is 5.75 Å². The average molecular weight is 275 g/mol. The van der Waals surface area contributed by atoms with Crippen molar-refractivity contribution in [1.82, 2.24) is 0 Å². The average Bonchev–Trinajstić information content (AvgIpc) is 2.14. The molecule has 0 atom stereocenters. The lowest BCUT2D eigenvalue weighted by molar-refractivity contribution is 0.275. The van der Waals surface area contributed by atoms with Crippen LogP contribution in [0.15, 0.2) is 33.5 Å². The second-order valence-electron chi connectivity index (χ2n) is 3.15. The Morgan fingerprint density at radius 2 is 1.88 bits per heavy atom. The van der Waals surface area contributed by atoms with Gasteiger partial charge < -0.3 is 9.52 Å². The molecule has 0 saturated heterocycles. The van der Waals surface area contributed by atoms with Crippen molar-refractivity contribution in [2.24, 2.45) is 0 Å². The molecule has 0 fully saturated rings. The van der Waals surface area contributed by atoms with E-state index in [1.54, 1.807) is 12.1 Å². The summed E-state index contributed by atoms with van der Waals surface area (Å²) in [5.41, 5.74) is 0.881. The molecule has 0 amide bonds. The monoisotopic (exact) mass is 274 g/mol. The highest BCUT2D eigenvalue weighted by Crippen LogP contribution is 2.20. The predicted octanol–water partition coefficient (Wildman–Crippen LogP) is 3.39. The first kappa shape index (κ1) is 13.5. The van der Waals surface area contributed by atoms with Gasteiger partial charge in [0.2, 0.25) is 0 Å². The summed E-state index contributed by atoms with van der Waals surface area (Å²) in [5, 5.41) is 9.99. The van der Waals surface area contributed by atoms with Crippen LogP contribution in [0.2, 0.25) is 0 Å². The van der Waals surface area contributed by atoms with Crippen LogP contribution in [0.4, 0.5) is 4.79 Å². The molecule has 1 heterocycles. The highest BCUT2D eigenvalue weighted by molar-refractivity contribution is 6.93. The Hall–Kier alpha value is -1.52.